The van der Waals surface area contributed by atoms with E-state index in [0.717, 1.165) is 31.5 Å². The molecule has 8 heteroatoms. The van der Waals surface area contributed by atoms with Crippen molar-refractivity contribution in [2.75, 3.05) is 44.2 Å². The molecule has 2 aromatic carbocycles. The number of hydrogen-bond acceptors (Lipinski definition) is 5. The van der Waals surface area contributed by atoms with E-state index in [1.807, 2.05) is 29.2 Å². The van der Waals surface area contributed by atoms with Crippen molar-refractivity contribution in [3.8, 4) is 6.07 Å². The first-order chi connectivity index (χ1) is 15.9. The number of hydrogen-bond donors (Lipinski definition) is 0. The number of rotatable bonds is 4. The van der Waals surface area contributed by atoms with Gasteiger partial charge >= 0.3 is 0 Å². The number of piperidine rings is 1. The zero-order valence-corrected chi connectivity index (χ0v) is 19.8. The Labute approximate surface area is 196 Å². The lowest BCUT2D eigenvalue weighted by Gasteiger charge is -2.29. The molecule has 0 aromatic heterocycles. The molecule has 0 bridgehead atoms. The standard InChI is InChI=1S/C25H30N4O3S/c1-20-11-15-29(16-12-20)33(31,32)24-9-5-22(6-10-24)25(30)28-14-2-13-27(17-18-28)23-7-3-21(19-26)4-8-23/h3-10,20H,2,11-18H2,1H3. The summed E-state index contributed by atoms with van der Waals surface area (Å²) in [4.78, 5) is 17.4. The van der Waals surface area contributed by atoms with Gasteiger partial charge in [-0.3, -0.25) is 4.79 Å². The van der Waals surface area contributed by atoms with E-state index in [9.17, 15) is 13.2 Å². The molecule has 0 unspecified atom stereocenters. The highest BCUT2D eigenvalue weighted by molar-refractivity contribution is 7.89. The highest BCUT2D eigenvalue weighted by Gasteiger charge is 2.28. The average Bonchev–Trinajstić information content (AvgIpc) is 3.10. The maximum absolute atomic E-state index is 13.1. The first-order valence-corrected chi connectivity index (χ1v) is 13.0. The molecule has 0 aliphatic carbocycles. The number of nitrogens with zero attached hydrogens (tertiary/aromatic N) is 4. The van der Waals surface area contributed by atoms with E-state index < -0.39 is 10.0 Å². The Morgan fingerprint density at radius 3 is 2.21 bits per heavy atom. The van der Waals surface area contributed by atoms with Crippen LogP contribution in [-0.2, 0) is 10.0 Å². The molecule has 0 radical (unpaired) electrons. The number of nitriles is 1. The van der Waals surface area contributed by atoms with Crippen LogP contribution in [0.1, 0.15) is 42.1 Å². The van der Waals surface area contributed by atoms with Gasteiger partial charge in [-0.1, -0.05) is 6.92 Å². The summed E-state index contributed by atoms with van der Waals surface area (Å²) in [5.41, 5.74) is 2.18. The minimum atomic E-state index is -3.52. The zero-order valence-electron chi connectivity index (χ0n) is 19.0. The smallest absolute Gasteiger partial charge is 0.253 e. The topological polar surface area (TPSA) is 84.7 Å². The molecule has 2 aliphatic rings. The van der Waals surface area contributed by atoms with Crippen molar-refractivity contribution in [3.05, 3.63) is 59.7 Å². The predicted octanol–water partition coefficient (Wildman–Crippen LogP) is 3.33. The highest BCUT2D eigenvalue weighted by Crippen LogP contribution is 2.24. The third-order valence-electron chi connectivity index (χ3n) is 6.63. The summed E-state index contributed by atoms with van der Waals surface area (Å²) in [5.74, 6) is 0.477. The summed E-state index contributed by atoms with van der Waals surface area (Å²) >= 11 is 0. The number of amides is 1. The third kappa shape index (κ3) is 5.21. The van der Waals surface area contributed by atoms with Gasteiger partial charge in [0.25, 0.3) is 5.91 Å². The summed E-state index contributed by atoms with van der Waals surface area (Å²) < 4.78 is 27.4. The summed E-state index contributed by atoms with van der Waals surface area (Å²) in [6.45, 7) is 6.03. The second-order valence-electron chi connectivity index (χ2n) is 8.90. The van der Waals surface area contributed by atoms with Gasteiger partial charge in [-0.25, -0.2) is 8.42 Å². The van der Waals surface area contributed by atoms with E-state index >= 15 is 0 Å². The van der Waals surface area contributed by atoms with Crippen LogP contribution in [0.2, 0.25) is 0 Å². The fourth-order valence-electron chi connectivity index (χ4n) is 4.45. The Morgan fingerprint density at radius 1 is 0.909 bits per heavy atom. The van der Waals surface area contributed by atoms with Crippen LogP contribution >= 0.6 is 0 Å². The molecular formula is C25H30N4O3S. The Hall–Kier alpha value is -2.89. The highest BCUT2D eigenvalue weighted by atomic mass is 32.2. The van der Waals surface area contributed by atoms with Crippen LogP contribution in [0.5, 0.6) is 0 Å². The van der Waals surface area contributed by atoms with Crippen LogP contribution in [0, 0.1) is 17.2 Å². The van der Waals surface area contributed by atoms with Gasteiger partial charge in [-0.2, -0.15) is 9.57 Å². The van der Waals surface area contributed by atoms with E-state index in [-0.39, 0.29) is 10.8 Å². The Balaban J connectivity index is 1.40. The molecule has 2 aromatic rings. The monoisotopic (exact) mass is 466 g/mol. The van der Waals surface area contributed by atoms with Crippen LogP contribution in [0.25, 0.3) is 0 Å². The van der Waals surface area contributed by atoms with Gasteiger partial charge in [0.2, 0.25) is 10.0 Å². The molecule has 0 N–H and O–H groups in total. The Kier molecular flexibility index (Phi) is 7.01. The van der Waals surface area contributed by atoms with Crippen molar-refractivity contribution >= 4 is 21.6 Å². The summed E-state index contributed by atoms with van der Waals surface area (Å²) in [6, 6.07) is 16.0. The normalized spacial score (nSPS) is 18.5. The van der Waals surface area contributed by atoms with Crippen molar-refractivity contribution in [3.63, 3.8) is 0 Å². The summed E-state index contributed by atoms with van der Waals surface area (Å²) in [7, 11) is -3.52. The SMILES string of the molecule is CC1CCN(S(=O)(=O)c2ccc(C(=O)N3CCCN(c4ccc(C#N)cc4)CC3)cc2)CC1. The van der Waals surface area contributed by atoms with Crippen LogP contribution in [0.15, 0.2) is 53.4 Å². The van der Waals surface area contributed by atoms with E-state index in [4.69, 9.17) is 5.26 Å². The van der Waals surface area contributed by atoms with Crippen LogP contribution in [0.4, 0.5) is 5.69 Å². The van der Waals surface area contributed by atoms with Gasteiger partial charge in [0.05, 0.1) is 16.5 Å². The van der Waals surface area contributed by atoms with Crippen LogP contribution < -0.4 is 4.90 Å². The van der Waals surface area contributed by atoms with Crippen molar-refractivity contribution < 1.29 is 13.2 Å². The van der Waals surface area contributed by atoms with Crippen molar-refractivity contribution in [2.24, 2.45) is 5.92 Å². The molecule has 174 valence electrons. The van der Waals surface area contributed by atoms with E-state index in [2.05, 4.69) is 17.9 Å². The maximum Gasteiger partial charge on any atom is 0.253 e. The van der Waals surface area contributed by atoms with Crippen molar-refractivity contribution in [1.82, 2.24) is 9.21 Å². The molecule has 2 fully saturated rings. The average molecular weight is 467 g/mol. The molecule has 0 spiro atoms. The number of benzene rings is 2. The van der Waals surface area contributed by atoms with Gasteiger partial charge in [0.1, 0.15) is 0 Å². The zero-order chi connectivity index (χ0) is 23.4. The second-order valence-corrected chi connectivity index (χ2v) is 10.8. The van der Waals surface area contributed by atoms with Crippen molar-refractivity contribution in [2.45, 2.75) is 31.1 Å². The molecule has 0 saturated carbocycles. The fraction of sp³-hybridized carbons (Fsp3) is 0.440. The van der Waals surface area contributed by atoms with Crippen molar-refractivity contribution in [1.29, 1.82) is 5.26 Å². The molecule has 0 atom stereocenters. The van der Waals surface area contributed by atoms with Gasteiger partial charge in [-0.15, -0.1) is 0 Å². The number of anilines is 1. The first kappa shape index (κ1) is 23.3. The molecule has 33 heavy (non-hydrogen) atoms. The maximum atomic E-state index is 13.1. The number of carbonyl (C=O) groups excluding carboxylic acids is 1. The lowest BCUT2D eigenvalue weighted by molar-refractivity contribution is 0.0767. The molecule has 4 rings (SSSR count). The Morgan fingerprint density at radius 2 is 1.58 bits per heavy atom. The Bertz CT molecular complexity index is 1120. The van der Waals surface area contributed by atoms with Gasteiger partial charge in [0.15, 0.2) is 0 Å². The van der Waals surface area contributed by atoms with Crippen LogP contribution in [-0.4, -0.2) is 62.8 Å². The second kappa shape index (κ2) is 9.94. The first-order valence-electron chi connectivity index (χ1n) is 11.5. The molecule has 1 amide bonds. The summed E-state index contributed by atoms with van der Waals surface area (Å²) in [5, 5.41) is 8.98. The fourth-order valence-corrected chi connectivity index (χ4v) is 5.92. The summed E-state index contributed by atoms with van der Waals surface area (Å²) in [6.07, 6.45) is 2.60. The number of carbonyl (C=O) groups is 1. The molecule has 2 aliphatic heterocycles. The van der Waals surface area contributed by atoms with Gasteiger partial charge < -0.3 is 9.80 Å². The number of sulfonamides is 1. The van der Waals surface area contributed by atoms with E-state index in [1.165, 1.54) is 0 Å². The largest absolute Gasteiger partial charge is 0.370 e. The lowest BCUT2D eigenvalue weighted by Crippen LogP contribution is -2.38. The molecular weight excluding hydrogens is 436 g/mol. The molecule has 2 saturated heterocycles. The van der Waals surface area contributed by atoms with Gasteiger partial charge in [-0.05, 0) is 73.7 Å². The minimum Gasteiger partial charge on any atom is -0.370 e. The van der Waals surface area contributed by atoms with E-state index in [1.54, 1.807) is 28.6 Å². The van der Waals surface area contributed by atoms with Gasteiger partial charge in [0, 0.05) is 50.5 Å². The quantitative estimate of drug-likeness (QED) is 0.690. The predicted molar refractivity (Wildman–Crippen MR) is 127 cm³/mol. The molecule has 2 heterocycles. The third-order valence-corrected chi connectivity index (χ3v) is 8.54. The van der Waals surface area contributed by atoms with E-state index in [0.29, 0.717) is 49.8 Å². The molecule has 7 nitrogen and oxygen atoms in total. The lowest BCUT2D eigenvalue weighted by atomic mass is 10.0. The minimum absolute atomic E-state index is 0.0765. The van der Waals surface area contributed by atoms with Crippen LogP contribution in [0.3, 0.4) is 0 Å².